The lowest BCUT2D eigenvalue weighted by Gasteiger charge is -2.32. The number of hydrogen-bond acceptors (Lipinski definition) is 2. The van der Waals surface area contributed by atoms with Gasteiger partial charge < -0.3 is 9.47 Å². The number of aromatic nitrogens is 2. The summed E-state index contributed by atoms with van der Waals surface area (Å²) in [5, 5.41) is 0. The Hall–Kier alpha value is -2.88. The molecular formula is C25H29N3O. The molecule has 4 heteroatoms. The summed E-state index contributed by atoms with van der Waals surface area (Å²) >= 11 is 0. The van der Waals surface area contributed by atoms with E-state index in [-0.39, 0.29) is 0 Å². The number of likely N-dealkylation sites (tertiary alicyclic amines) is 1. The molecule has 4 nitrogen and oxygen atoms in total. The summed E-state index contributed by atoms with van der Waals surface area (Å²) in [4.78, 5) is 19.1. The van der Waals surface area contributed by atoms with Crippen molar-refractivity contribution in [2.24, 2.45) is 5.92 Å². The molecule has 1 aliphatic rings. The second-order valence-electron chi connectivity index (χ2n) is 7.91. The van der Waals surface area contributed by atoms with Crippen LogP contribution in [0, 0.1) is 5.92 Å². The number of rotatable bonds is 7. The number of carbonyl (C=O) groups is 1. The highest BCUT2D eigenvalue weighted by molar-refractivity contribution is 5.76. The first kappa shape index (κ1) is 19.4. The molecule has 29 heavy (non-hydrogen) atoms. The summed E-state index contributed by atoms with van der Waals surface area (Å²) in [6.45, 7) is 2.78. The van der Waals surface area contributed by atoms with Crippen molar-refractivity contribution in [2.45, 2.75) is 38.6 Å². The average Bonchev–Trinajstić information content (AvgIpc) is 3.26. The van der Waals surface area contributed by atoms with Crippen molar-refractivity contribution >= 4 is 5.91 Å². The maximum atomic E-state index is 12.5. The summed E-state index contributed by atoms with van der Waals surface area (Å²) in [7, 11) is 0. The summed E-state index contributed by atoms with van der Waals surface area (Å²) in [5.74, 6) is 2.02. The number of aryl methyl sites for hydroxylation is 2. The van der Waals surface area contributed by atoms with E-state index in [4.69, 9.17) is 0 Å². The molecule has 3 aromatic rings. The molecule has 1 saturated heterocycles. The Bertz CT molecular complexity index is 896. The Morgan fingerprint density at radius 3 is 2.38 bits per heavy atom. The number of imidazole rings is 1. The Balaban J connectivity index is 1.23. The standard InChI is InChI=1S/C25H29N3O/c29-24(12-11-21-7-3-1-4-8-21)27-17-13-22(14-18-27)15-19-28-20-16-26-25(28)23-9-5-2-6-10-23/h1-10,16,20,22H,11-15,17-19H2. The molecule has 1 aromatic heterocycles. The third-order valence-corrected chi connectivity index (χ3v) is 5.96. The Morgan fingerprint density at radius 1 is 0.966 bits per heavy atom. The molecule has 0 N–H and O–H groups in total. The first-order valence-electron chi connectivity index (χ1n) is 10.7. The zero-order chi connectivity index (χ0) is 19.9. The fourth-order valence-electron chi connectivity index (χ4n) is 4.18. The zero-order valence-electron chi connectivity index (χ0n) is 16.9. The Labute approximate surface area is 173 Å². The lowest BCUT2D eigenvalue weighted by Crippen LogP contribution is -2.38. The van der Waals surface area contributed by atoms with Gasteiger partial charge in [-0.2, -0.15) is 0 Å². The van der Waals surface area contributed by atoms with Gasteiger partial charge in [-0.25, -0.2) is 4.98 Å². The summed E-state index contributed by atoms with van der Waals surface area (Å²) in [6.07, 6.45) is 8.76. The van der Waals surface area contributed by atoms with E-state index in [9.17, 15) is 4.79 Å². The molecule has 0 radical (unpaired) electrons. The Kier molecular flexibility index (Phi) is 6.40. The van der Waals surface area contributed by atoms with Crippen molar-refractivity contribution in [3.05, 3.63) is 78.6 Å². The predicted octanol–water partition coefficient (Wildman–Crippen LogP) is 4.81. The molecule has 0 spiro atoms. The van der Waals surface area contributed by atoms with Crippen LogP contribution in [-0.2, 0) is 17.8 Å². The van der Waals surface area contributed by atoms with E-state index < -0.39 is 0 Å². The minimum absolute atomic E-state index is 0.299. The van der Waals surface area contributed by atoms with Crippen LogP contribution in [0.4, 0.5) is 0 Å². The number of benzene rings is 2. The van der Waals surface area contributed by atoms with Gasteiger partial charge in [0.25, 0.3) is 0 Å². The van der Waals surface area contributed by atoms with Crippen LogP contribution in [0.1, 0.15) is 31.2 Å². The van der Waals surface area contributed by atoms with E-state index in [2.05, 4.69) is 57.0 Å². The maximum absolute atomic E-state index is 12.5. The number of amides is 1. The molecule has 0 unspecified atom stereocenters. The smallest absolute Gasteiger partial charge is 0.222 e. The van der Waals surface area contributed by atoms with Crippen molar-refractivity contribution in [3.8, 4) is 11.4 Å². The number of carbonyl (C=O) groups excluding carboxylic acids is 1. The molecule has 1 aliphatic heterocycles. The van der Waals surface area contributed by atoms with E-state index in [1.807, 2.05) is 30.5 Å². The Morgan fingerprint density at radius 2 is 1.66 bits per heavy atom. The highest BCUT2D eigenvalue weighted by Crippen LogP contribution is 2.24. The number of hydrogen-bond donors (Lipinski definition) is 0. The van der Waals surface area contributed by atoms with Crippen LogP contribution in [0.15, 0.2) is 73.1 Å². The third kappa shape index (κ3) is 5.14. The minimum atomic E-state index is 0.299. The van der Waals surface area contributed by atoms with Gasteiger partial charge >= 0.3 is 0 Å². The van der Waals surface area contributed by atoms with Crippen molar-refractivity contribution < 1.29 is 4.79 Å². The van der Waals surface area contributed by atoms with Gasteiger partial charge in [0.05, 0.1) is 0 Å². The van der Waals surface area contributed by atoms with Gasteiger partial charge in [-0.1, -0.05) is 60.7 Å². The normalized spacial score (nSPS) is 14.8. The maximum Gasteiger partial charge on any atom is 0.222 e. The quantitative estimate of drug-likeness (QED) is 0.583. The van der Waals surface area contributed by atoms with Crippen LogP contribution in [0.25, 0.3) is 11.4 Å². The molecule has 1 fully saturated rings. The zero-order valence-corrected chi connectivity index (χ0v) is 16.9. The van der Waals surface area contributed by atoms with E-state index in [1.54, 1.807) is 0 Å². The van der Waals surface area contributed by atoms with Gasteiger partial charge in [0, 0.05) is 44.0 Å². The lowest BCUT2D eigenvalue weighted by atomic mass is 9.93. The topological polar surface area (TPSA) is 38.1 Å². The van der Waals surface area contributed by atoms with Crippen LogP contribution < -0.4 is 0 Å². The van der Waals surface area contributed by atoms with Gasteiger partial charge in [0.2, 0.25) is 5.91 Å². The van der Waals surface area contributed by atoms with Gasteiger partial charge in [-0.05, 0) is 37.2 Å². The second kappa shape index (κ2) is 9.55. The van der Waals surface area contributed by atoms with Crippen molar-refractivity contribution in [2.75, 3.05) is 13.1 Å². The summed E-state index contributed by atoms with van der Waals surface area (Å²) in [6, 6.07) is 20.6. The highest BCUT2D eigenvalue weighted by atomic mass is 16.2. The molecule has 2 aromatic carbocycles. The highest BCUT2D eigenvalue weighted by Gasteiger charge is 2.22. The van der Waals surface area contributed by atoms with E-state index >= 15 is 0 Å². The van der Waals surface area contributed by atoms with Crippen LogP contribution in [0.2, 0.25) is 0 Å². The van der Waals surface area contributed by atoms with Gasteiger partial charge in [0.15, 0.2) is 0 Å². The molecule has 4 rings (SSSR count). The van der Waals surface area contributed by atoms with Crippen LogP contribution in [-0.4, -0.2) is 33.4 Å². The largest absolute Gasteiger partial charge is 0.343 e. The second-order valence-corrected chi connectivity index (χ2v) is 7.91. The molecular weight excluding hydrogens is 358 g/mol. The van der Waals surface area contributed by atoms with Crippen molar-refractivity contribution in [1.82, 2.24) is 14.5 Å². The molecule has 1 amide bonds. The first-order chi connectivity index (χ1) is 14.3. The average molecular weight is 388 g/mol. The van der Waals surface area contributed by atoms with Crippen molar-refractivity contribution in [1.29, 1.82) is 0 Å². The first-order valence-corrected chi connectivity index (χ1v) is 10.7. The monoisotopic (exact) mass is 387 g/mol. The van der Waals surface area contributed by atoms with Crippen molar-refractivity contribution in [3.63, 3.8) is 0 Å². The SMILES string of the molecule is O=C(CCc1ccccc1)N1CCC(CCn2ccnc2-c2ccccc2)CC1. The van der Waals surface area contributed by atoms with Gasteiger partial charge in [-0.15, -0.1) is 0 Å². The fraction of sp³-hybridized carbons (Fsp3) is 0.360. The van der Waals surface area contributed by atoms with Gasteiger partial charge in [0.1, 0.15) is 5.82 Å². The summed E-state index contributed by atoms with van der Waals surface area (Å²) < 4.78 is 2.26. The lowest BCUT2D eigenvalue weighted by molar-refractivity contribution is -0.132. The molecule has 150 valence electrons. The van der Waals surface area contributed by atoms with Gasteiger partial charge in [-0.3, -0.25) is 4.79 Å². The molecule has 0 saturated carbocycles. The number of nitrogens with zero attached hydrogens (tertiary/aromatic N) is 3. The van der Waals surface area contributed by atoms with Crippen LogP contribution >= 0.6 is 0 Å². The molecule has 0 atom stereocenters. The molecule has 0 aliphatic carbocycles. The van der Waals surface area contributed by atoms with Crippen LogP contribution in [0.5, 0.6) is 0 Å². The third-order valence-electron chi connectivity index (χ3n) is 5.96. The van der Waals surface area contributed by atoms with E-state index in [0.717, 1.165) is 56.7 Å². The fourth-order valence-corrected chi connectivity index (χ4v) is 4.18. The van der Waals surface area contributed by atoms with E-state index in [0.29, 0.717) is 18.2 Å². The number of piperidine rings is 1. The van der Waals surface area contributed by atoms with Crippen LogP contribution in [0.3, 0.4) is 0 Å². The molecule has 2 heterocycles. The minimum Gasteiger partial charge on any atom is -0.343 e. The summed E-state index contributed by atoms with van der Waals surface area (Å²) in [5.41, 5.74) is 2.40. The predicted molar refractivity (Wildman–Crippen MR) is 116 cm³/mol. The van der Waals surface area contributed by atoms with E-state index in [1.165, 1.54) is 5.56 Å². The molecule has 0 bridgehead atoms.